The van der Waals surface area contributed by atoms with Crippen LogP contribution in [0.4, 0.5) is 0 Å². The third-order valence-electron chi connectivity index (χ3n) is 4.97. The Hall–Kier alpha value is -0.160. The second-order valence-electron chi connectivity index (χ2n) is 7.07. The Morgan fingerprint density at radius 3 is 1.35 bits per heavy atom. The van der Waals surface area contributed by atoms with Gasteiger partial charge in [0, 0.05) is 0 Å². The minimum atomic E-state index is -0.863. The molecule has 118 valence electrons. The molecule has 0 bridgehead atoms. The highest BCUT2D eigenvalue weighted by Crippen LogP contribution is 2.33. The van der Waals surface area contributed by atoms with Crippen LogP contribution < -0.4 is 0 Å². The molecule has 2 N–H and O–H groups in total. The Morgan fingerprint density at radius 1 is 0.750 bits per heavy atom. The molecule has 0 spiro atoms. The summed E-state index contributed by atoms with van der Waals surface area (Å²) in [6, 6.07) is 0. The summed E-state index contributed by atoms with van der Waals surface area (Å²) >= 11 is 0. The van der Waals surface area contributed by atoms with E-state index in [2.05, 4.69) is 13.8 Å². The molecule has 4 nitrogen and oxygen atoms in total. The van der Waals surface area contributed by atoms with Gasteiger partial charge in [-0.1, -0.05) is 25.7 Å². The predicted molar refractivity (Wildman–Crippen MR) is 77.7 cm³/mol. The highest BCUT2D eigenvalue weighted by atomic mass is 16.5. The molecule has 0 saturated heterocycles. The maximum Gasteiger partial charge on any atom is 0.105 e. The first-order valence-electron chi connectivity index (χ1n) is 8.07. The van der Waals surface area contributed by atoms with Crippen LogP contribution in [0.3, 0.4) is 0 Å². The third-order valence-corrected chi connectivity index (χ3v) is 4.97. The lowest BCUT2D eigenvalue weighted by Crippen LogP contribution is -2.40. The van der Waals surface area contributed by atoms with Crippen molar-refractivity contribution >= 4 is 0 Å². The van der Waals surface area contributed by atoms with Gasteiger partial charge in [0.05, 0.1) is 24.4 Å². The van der Waals surface area contributed by atoms with E-state index in [1.54, 1.807) is 0 Å². The van der Waals surface area contributed by atoms with Crippen LogP contribution in [0.2, 0.25) is 0 Å². The third kappa shape index (κ3) is 4.42. The van der Waals surface area contributed by atoms with E-state index in [1.807, 2.05) is 0 Å². The van der Waals surface area contributed by atoms with E-state index < -0.39 is 12.2 Å². The van der Waals surface area contributed by atoms with Gasteiger partial charge in [0.2, 0.25) is 0 Å². The van der Waals surface area contributed by atoms with Gasteiger partial charge in [-0.05, 0) is 39.5 Å². The van der Waals surface area contributed by atoms with Crippen molar-refractivity contribution in [1.82, 2.24) is 0 Å². The Labute approximate surface area is 122 Å². The van der Waals surface area contributed by atoms with Gasteiger partial charge in [-0.15, -0.1) is 0 Å². The molecule has 0 aliphatic heterocycles. The van der Waals surface area contributed by atoms with Crippen LogP contribution in [0.15, 0.2) is 0 Å². The summed E-state index contributed by atoms with van der Waals surface area (Å²) in [6.45, 7) is 4.57. The Morgan fingerprint density at radius 2 is 1.05 bits per heavy atom. The second kappa shape index (κ2) is 6.73. The Kier molecular flexibility index (Phi) is 5.46. The first kappa shape index (κ1) is 16.2. The smallest absolute Gasteiger partial charge is 0.105 e. The van der Waals surface area contributed by atoms with Crippen molar-refractivity contribution in [2.75, 3.05) is 13.2 Å². The number of aliphatic hydroxyl groups is 2. The average molecular weight is 286 g/mol. The lowest BCUT2D eigenvalue weighted by atomic mass is 10.1. The fourth-order valence-electron chi connectivity index (χ4n) is 3.33. The first-order valence-corrected chi connectivity index (χ1v) is 8.07. The van der Waals surface area contributed by atoms with Crippen molar-refractivity contribution in [2.24, 2.45) is 0 Å². The summed E-state index contributed by atoms with van der Waals surface area (Å²) in [7, 11) is 0. The zero-order valence-corrected chi connectivity index (χ0v) is 12.9. The van der Waals surface area contributed by atoms with Crippen molar-refractivity contribution < 1.29 is 19.7 Å². The maximum absolute atomic E-state index is 10.00. The van der Waals surface area contributed by atoms with Gasteiger partial charge in [0.25, 0.3) is 0 Å². The van der Waals surface area contributed by atoms with Gasteiger partial charge in [-0.2, -0.15) is 0 Å². The molecule has 0 aromatic rings. The molecule has 2 aliphatic rings. The molecule has 20 heavy (non-hydrogen) atoms. The van der Waals surface area contributed by atoms with Crippen LogP contribution >= 0.6 is 0 Å². The average Bonchev–Trinajstić information content (AvgIpc) is 3.04. The SMILES string of the molecule is CC1(OC[C@H](O)[C@@H](O)COC2(C)CCCC2)CCCC1. The van der Waals surface area contributed by atoms with Gasteiger partial charge in [-0.3, -0.25) is 0 Å². The zero-order chi connectivity index (χ0) is 14.6. The minimum Gasteiger partial charge on any atom is -0.388 e. The van der Waals surface area contributed by atoms with Crippen molar-refractivity contribution in [1.29, 1.82) is 0 Å². The van der Waals surface area contributed by atoms with Crippen LogP contribution in [0, 0.1) is 0 Å². The number of hydrogen-bond acceptors (Lipinski definition) is 4. The first-order chi connectivity index (χ1) is 9.43. The molecular weight excluding hydrogens is 256 g/mol. The second-order valence-corrected chi connectivity index (χ2v) is 7.07. The van der Waals surface area contributed by atoms with E-state index in [1.165, 1.54) is 25.7 Å². The lowest BCUT2D eigenvalue weighted by molar-refractivity contribution is -0.130. The Bertz CT molecular complexity index is 263. The van der Waals surface area contributed by atoms with Crippen LogP contribution in [-0.2, 0) is 9.47 Å². The van der Waals surface area contributed by atoms with Crippen LogP contribution in [-0.4, -0.2) is 46.8 Å². The van der Waals surface area contributed by atoms with E-state index in [0.29, 0.717) is 0 Å². The number of rotatable bonds is 7. The molecule has 2 fully saturated rings. The number of hydrogen-bond donors (Lipinski definition) is 2. The fourth-order valence-corrected chi connectivity index (χ4v) is 3.33. The number of ether oxygens (including phenoxy) is 2. The summed E-state index contributed by atoms with van der Waals surface area (Å²) < 4.78 is 11.6. The molecule has 0 amide bonds. The number of aliphatic hydroxyl groups excluding tert-OH is 2. The van der Waals surface area contributed by atoms with Gasteiger partial charge in [0.1, 0.15) is 12.2 Å². The van der Waals surface area contributed by atoms with Crippen LogP contribution in [0.5, 0.6) is 0 Å². The monoisotopic (exact) mass is 286 g/mol. The molecule has 0 aromatic heterocycles. The molecule has 4 heteroatoms. The largest absolute Gasteiger partial charge is 0.388 e. The van der Waals surface area contributed by atoms with Crippen molar-refractivity contribution in [3.8, 4) is 0 Å². The van der Waals surface area contributed by atoms with E-state index in [4.69, 9.17) is 9.47 Å². The molecule has 2 saturated carbocycles. The maximum atomic E-state index is 10.00. The Balaban J connectivity index is 1.67. The van der Waals surface area contributed by atoms with Crippen LogP contribution in [0.25, 0.3) is 0 Å². The van der Waals surface area contributed by atoms with Gasteiger partial charge in [0.15, 0.2) is 0 Å². The highest BCUT2D eigenvalue weighted by molar-refractivity contribution is 4.84. The molecule has 2 aliphatic carbocycles. The molecular formula is C16H30O4. The van der Waals surface area contributed by atoms with E-state index in [0.717, 1.165) is 25.7 Å². The predicted octanol–water partition coefficient (Wildman–Crippen LogP) is 2.41. The van der Waals surface area contributed by atoms with Crippen molar-refractivity contribution in [3.63, 3.8) is 0 Å². The van der Waals surface area contributed by atoms with Crippen molar-refractivity contribution in [2.45, 2.75) is 88.6 Å². The minimum absolute atomic E-state index is 0.112. The van der Waals surface area contributed by atoms with E-state index in [9.17, 15) is 10.2 Å². The molecule has 2 atom stereocenters. The standard InChI is InChI=1S/C16H30O4/c1-15(7-3-4-8-15)19-11-13(17)14(18)12-20-16(2)9-5-6-10-16/h13-14,17-18H,3-12H2,1-2H3/t13-,14-/m0/s1. The molecule has 0 unspecified atom stereocenters. The summed E-state index contributed by atoms with van der Waals surface area (Å²) in [6.07, 6.45) is 7.22. The van der Waals surface area contributed by atoms with Crippen LogP contribution in [0.1, 0.15) is 65.2 Å². The summed E-state index contributed by atoms with van der Waals surface area (Å²) in [5, 5.41) is 20.0. The normalized spacial score (nSPS) is 27.6. The van der Waals surface area contributed by atoms with Crippen molar-refractivity contribution in [3.05, 3.63) is 0 Å². The molecule has 0 aromatic carbocycles. The van der Waals surface area contributed by atoms with E-state index in [-0.39, 0.29) is 24.4 Å². The molecule has 2 rings (SSSR count). The summed E-state index contributed by atoms with van der Waals surface area (Å²) in [5.41, 5.74) is -0.224. The molecule has 0 radical (unpaired) electrons. The fraction of sp³-hybridized carbons (Fsp3) is 1.00. The summed E-state index contributed by atoms with van der Waals surface area (Å²) in [4.78, 5) is 0. The lowest BCUT2D eigenvalue weighted by Gasteiger charge is -2.29. The van der Waals surface area contributed by atoms with Gasteiger partial charge in [-0.25, -0.2) is 0 Å². The zero-order valence-electron chi connectivity index (χ0n) is 12.9. The van der Waals surface area contributed by atoms with Gasteiger partial charge < -0.3 is 19.7 Å². The molecule has 0 heterocycles. The van der Waals surface area contributed by atoms with Gasteiger partial charge >= 0.3 is 0 Å². The topological polar surface area (TPSA) is 58.9 Å². The van der Waals surface area contributed by atoms with E-state index >= 15 is 0 Å². The summed E-state index contributed by atoms with van der Waals surface area (Å²) in [5.74, 6) is 0. The highest BCUT2D eigenvalue weighted by Gasteiger charge is 2.33. The quantitative estimate of drug-likeness (QED) is 0.754.